The highest BCUT2D eigenvalue weighted by Gasteiger charge is 2.06. The van der Waals surface area contributed by atoms with Crippen LogP contribution in [0.4, 0.5) is 0 Å². The van der Waals surface area contributed by atoms with E-state index < -0.39 is 0 Å². The molecule has 0 heterocycles. The Kier molecular flexibility index (Phi) is 13.3. The standard InChI is InChI=1S/C15H29BrN2/c1-3-18(14-15(2)13-17)12-10-8-6-4-5-7-9-11-16/h15H,3-12,14H2,1-2H3. The first-order valence-electron chi connectivity index (χ1n) is 7.42. The van der Waals surface area contributed by atoms with Gasteiger partial charge in [0.15, 0.2) is 0 Å². The summed E-state index contributed by atoms with van der Waals surface area (Å²) < 4.78 is 0. The van der Waals surface area contributed by atoms with Crippen LogP contribution in [0.3, 0.4) is 0 Å². The molecule has 1 unspecified atom stereocenters. The van der Waals surface area contributed by atoms with Gasteiger partial charge in [-0.05, 0) is 32.9 Å². The number of rotatable bonds is 12. The minimum atomic E-state index is 0.161. The lowest BCUT2D eigenvalue weighted by Crippen LogP contribution is -2.29. The topological polar surface area (TPSA) is 27.0 Å². The Morgan fingerprint density at radius 2 is 1.61 bits per heavy atom. The fourth-order valence-corrected chi connectivity index (χ4v) is 2.52. The van der Waals surface area contributed by atoms with E-state index in [1.54, 1.807) is 0 Å². The predicted octanol–water partition coefficient (Wildman–Crippen LogP) is 4.59. The van der Waals surface area contributed by atoms with E-state index in [0.717, 1.165) is 25.0 Å². The molecule has 3 heteroatoms. The van der Waals surface area contributed by atoms with Crippen molar-refractivity contribution in [1.82, 2.24) is 4.90 Å². The minimum Gasteiger partial charge on any atom is -0.302 e. The van der Waals surface area contributed by atoms with Crippen LogP contribution in [-0.2, 0) is 0 Å². The third kappa shape index (κ3) is 11.0. The maximum Gasteiger partial charge on any atom is 0.0666 e. The van der Waals surface area contributed by atoms with Crippen molar-refractivity contribution in [3.8, 4) is 6.07 Å². The molecule has 0 fully saturated rings. The molecule has 0 bridgehead atoms. The predicted molar refractivity (Wildman–Crippen MR) is 83.0 cm³/mol. The summed E-state index contributed by atoms with van der Waals surface area (Å²) in [6, 6.07) is 2.31. The summed E-state index contributed by atoms with van der Waals surface area (Å²) in [7, 11) is 0. The van der Waals surface area contributed by atoms with Gasteiger partial charge in [0.1, 0.15) is 0 Å². The zero-order valence-corrected chi connectivity index (χ0v) is 13.7. The van der Waals surface area contributed by atoms with Gasteiger partial charge in [0.2, 0.25) is 0 Å². The van der Waals surface area contributed by atoms with Crippen LogP contribution in [0.1, 0.15) is 58.8 Å². The number of nitrogens with zero attached hydrogens (tertiary/aromatic N) is 2. The van der Waals surface area contributed by atoms with E-state index >= 15 is 0 Å². The number of alkyl halides is 1. The molecule has 1 atom stereocenters. The Morgan fingerprint density at radius 3 is 2.11 bits per heavy atom. The van der Waals surface area contributed by atoms with Crippen molar-refractivity contribution in [3.05, 3.63) is 0 Å². The van der Waals surface area contributed by atoms with Crippen LogP contribution < -0.4 is 0 Å². The Bertz CT molecular complexity index is 213. The average molecular weight is 317 g/mol. The first-order valence-corrected chi connectivity index (χ1v) is 8.54. The van der Waals surface area contributed by atoms with E-state index in [1.165, 1.54) is 44.9 Å². The summed E-state index contributed by atoms with van der Waals surface area (Å²) >= 11 is 3.46. The fraction of sp³-hybridized carbons (Fsp3) is 0.933. The van der Waals surface area contributed by atoms with Crippen LogP contribution in [0.15, 0.2) is 0 Å². The Labute approximate surface area is 122 Å². The first kappa shape index (κ1) is 17.9. The van der Waals surface area contributed by atoms with Gasteiger partial charge in [0, 0.05) is 11.9 Å². The largest absolute Gasteiger partial charge is 0.302 e. The summed E-state index contributed by atoms with van der Waals surface area (Å²) in [6.45, 7) is 7.34. The zero-order valence-electron chi connectivity index (χ0n) is 12.1. The number of nitriles is 1. The third-order valence-electron chi connectivity index (χ3n) is 3.31. The molecule has 0 N–H and O–H groups in total. The molecule has 0 aliphatic rings. The molecule has 0 aliphatic carbocycles. The van der Waals surface area contributed by atoms with E-state index in [2.05, 4.69) is 33.8 Å². The van der Waals surface area contributed by atoms with Crippen LogP contribution >= 0.6 is 15.9 Å². The molecule has 0 radical (unpaired) electrons. The SMILES string of the molecule is CCN(CCCCCCCCCBr)CC(C)C#N. The highest BCUT2D eigenvalue weighted by molar-refractivity contribution is 9.09. The van der Waals surface area contributed by atoms with Gasteiger partial charge in [-0.3, -0.25) is 0 Å². The van der Waals surface area contributed by atoms with Crippen molar-refractivity contribution in [2.45, 2.75) is 58.8 Å². The maximum atomic E-state index is 8.81. The lowest BCUT2D eigenvalue weighted by atomic mass is 10.1. The van der Waals surface area contributed by atoms with Gasteiger partial charge in [0.25, 0.3) is 0 Å². The second kappa shape index (κ2) is 13.4. The lowest BCUT2D eigenvalue weighted by Gasteiger charge is -2.21. The molecule has 0 rings (SSSR count). The number of hydrogen-bond acceptors (Lipinski definition) is 2. The minimum absolute atomic E-state index is 0.161. The normalized spacial score (nSPS) is 12.6. The molecule has 0 aromatic rings. The van der Waals surface area contributed by atoms with Crippen molar-refractivity contribution in [1.29, 1.82) is 5.26 Å². The molecule has 0 aromatic carbocycles. The average Bonchev–Trinajstić information content (AvgIpc) is 2.40. The maximum absolute atomic E-state index is 8.81. The molecular formula is C15H29BrN2. The van der Waals surface area contributed by atoms with Crippen molar-refractivity contribution in [2.24, 2.45) is 5.92 Å². The van der Waals surface area contributed by atoms with E-state index in [9.17, 15) is 0 Å². The Balaban J connectivity index is 3.37. The molecule has 106 valence electrons. The molecule has 0 spiro atoms. The second-order valence-electron chi connectivity index (χ2n) is 5.09. The zero-order chi connectivity index (χ0) is 13.6. The van der Waals surface area contributed by atoms with E-state index in [4.69, 9.17) is 5.26 Å². The molecular weight excluding hydrogens is 288 g/mol. The van der Waals surface area contributed by atoms with Gasteiger partial charge in [-0.15, -0.1) is 0 Å². The van der Waals surface area contributed by atoms with Gasteiger partial charge >= 0.3 is 0 Å². The lowest BCUT2D eigenvalue weighted by molar-refractivity contribution is 0.262. The van der Waals surface area contributed by atoms with Gasteiger partial charge in [-0.25, -0.2) is 0 Å². The fourth-order valence-electron chi connectivity index (χ4n) is 2.12. The van der Waals surface area contributed by atoms with Crippen LogP contribution in [0.2, 0.25) is 0 Å². The summed E-state index contributed by atoms with van der Waals surface area (Å²) in [6.07, 6.45) is 9.44. The van der Waals surface area contributed by atoms with E-state index in [1.807, 2.05) is 6.92 Å². The summed E-state index contributed by atoms with van der Waals surface area (Å²) in [5.74, 6) is 0.161. The van der Waals surface area contributed by atoms with Crippen molar-refractivity contribution >= 4 is 15.9 Å². The second-order valence-corrected chi connectivity index (χ2v) is 5.88. The summed E-state index contributed by atoms with van der Waals surface area (Å²) in [5, 5.41) is 9.96. The van der Waals surface area contributed by atoms with E-state index in [0.29, 0.717) is 0 Å². The van der Waals surface area contributed by atoms with Gasteiger partial charge in [0.05, 0.1) is 12.0 Å². The first-order chi connectivity index (χ1) is 8.74. The van der Waals surface area contributed by atoms with Crippen LogP contribution in [-0.4, -0.2) is 29.9 Å². The smallest absolute Gasteiger partial charge is 0.0666 e. The molecule has 0 saturated carbocycles. The number of halogens is 1. The molecule has 0 aromatic heterocycles. The highest BCUT2D eigenvalue weighted by atomic mass is 79.9. The molecule has 18 heavy (non-hydrogen) atoms. The van der Waals surface area contributed by atoms with Crippen LogP contribution in [0, 0.1) is 17.2 Å². The van der Waals surface area contributed by atoms with Crippen molar-refractivity contribution < 1.29 is 0 Å². The number of unbranched alkanes of at least 4 members (excludes halogenated alkanes) is 6. The van der Waals surface area contributed by atoms with Gasteiger partial charge in [-0.1, -0.05) is 55.0 Å². The molecule has 0 amide bonds. The quantitative estimate of drug-likeness (QED) is 0.389. The van der Waals surface area contributed by atoms with Crippen molar-refractivity contribution in [3.63, 3.8) is 0 Å². The number of hydrogen-bond donors (Lipinski definition) is 0. The molecule has 0 saturated heterocycles. The van der Waals surface area contributed by atoms with Crippen LogP contribution in [0.25, 0.3) is 0 Å². The monoisotopic (exact) mass is 316 g/mol. The summed E-state index contributed by atoms with van der Waals surface area (Å²) in [5.41, 5.74) is 0. The van der Waals surface area contributed by atoms with E-state index in [-0.39, 0.29) is 5.92 Å². The molecule has 2 nitrogen and oxygen atoms in total. The Morgan fingerprint density at radius 1 is 1.06 bits per heavy atom. The van der Waals surface area contributed by atoms with Crippen molar-refractivity contribution in [2.75, 3.05) is 25.0 Å². The van der Waals surface area contributed by atoms with Gasteiger partial charge in [-0.2, -0.15) is 5.26 Å². The Hall–Kier alpha value is -0.0700. The molecule has 0 aliphatic heterocycles. The summed E-state index contributed by atoms with van der Waals surface area (Å²) in [4.78, 5) is 2.40. The van der Waals surface area contributed by atoms with Gasteiger partial charge < -0.3 is 4.90 Å². The third-order valence-corrected chi connectivity index (χ3v) is 3.87. The highest BCUT2D eigenvalue weighted by Crippen LogP contribution is 2.09. The van der Waals surface area contributed by atoms with Crippen LogP contribution in [0.5, 0.6) is 0 Å².